The van der Waals surface area contributed by atoms with Gasteiger partial charge in [0.2, 0.25) is 0 Å². The zero-order valence-corrected chi connectivity index (χ0v) is 16.2. The summed E-state index contributed by atoms with van der Waals surface area (Å²) in [6, 6.07) is 12.6. The number of morpholine rings is 1. The second-order valence-corrected chi connectivity index (χ2v) is 6.44. The third-order valence-corrected chi connectivity index (χ3v) is 4.50. The number of carboxylic acids is 1. The van der Waals surface area contributed by atoms with Crippen molar-refractivity contribution in [3.63, 3.8) is 0 Å². The van der Waals surface area contributed by atoms with Gasteiger partial charge in [-0.25, -0.2) is 4.79 Å². The van der Waals surface area contributed by atoms with Crippen molar-refractivity contribution >= 4 is 23.5 Å². The van der Waals surface area contributed by atoms with Crippen molar-refractivity contribution in [2.75, 3.05) is 44.9 Å². The Morgan fingerprint density at radius 1 is 1.10 bits per heavy atom. The Morgan fingerprint density at radius 2 is 1.83 bits per heavy atom. The van der Waals surface area contributed by atoms with Crippen LogP contribution in [0.4, 0.5) is 5.69 Å². The highest BCUT2D eigenvalue weighted by Crippen LogP contribution is 2.28. The molecule has 29 heavy (non-hydrogen) atoms. The van der Waals surface area contributed by atoms with Crippen LogP contribution in [-0.2, 0) is 9.53 Å². The second-order valence-electron chi connectivity index (χ2n) is 6.44. The lowest BCUT2D eigenvalue weighted by molar-refractivity contribution is -0.139. The molecule has 1 saturated heterocycles. The minimum absolute atomic E-state index is 0.189. The first-order valence-electron chi connectivity index (χ1n) is 9.24. The number of aliphatic carboxylic acids is 1. The van der Waals surface area contributed by atoms with Crippen molar-refractivity contribution < 1.29 is 28.9 Å². The lowest BCUT2D eigenvalue weighted by atomic mass is 10.1. The number of ketones is 1. The number of methoxy groups -OCH3 is 1. The van der Waals surface area contributed by atoms with Gasteiger partial charge in [0.25, 0.3) is 0 Å². The smallest absolute Gasteiger partial charge is 0.341 e. The number of allylic oxidation sites excluding steroid dienone is 1. The second kappa shape index (κ2) is 9.75. The molecular formula is C22H23NO6. The monoisotopic (exact) mass is 397 g/mol. The number of hydrogen-bond acceptors (Lipinski definition) is 6. The fraction of sp³-hybridized carbons (Fsp3) is 0.273. The van der Waals surface area contributed by atoms with Crippen molar-refractivity contribution in [1.82, 2.24) is 0 Å². The van der Waals surface area contributed by atoms with Gasteiger partial charge >= 0.3 is 5.97 Å². The van der Waals surface area contributed by atoms with Gasteiger partial charge in [-0.15, -0.1) is 0 Å². The summed E-state index contributed by atoms with van der Waals surface area (Å²) in [5.74, 6) is -0.699. The highest BCUT2D eigenvalue weighted by molar-refractivity contribution is 6.07. The van der Waals surface area contributed by atoms with Crippen molar-refractivity contribution in [1.29, 1.82) is 0 Å². The lowest BCUT2D eigenvalue weighted by Crippen LogP contribution is -2.36. The van der Waals surface area contributed by atoms with Gasteiger partial charge in [0, 0.05) is 24.3 Å². The van der Waals surface area contributed by atoms with E-state index in [9.17, 15) is 9.59 Å². The van der Waals surface area contributed by atoms with Crippen LogP contribution in [0.2, 0.25) is 0 Å². The van der Waals surface area contributed by atoms with Crippen LogP contribution in [0.3, 0.4) is 0 Å². The molecule has 0 aliphatic carbocycles. The molecule has 0 bridgehead atoms. The summed E-state index contributed by atoms with van der Waals surface area (Å²) in [6.07, 6.45) is 3.25. The van der Waals surface area contributed by atoms with Crippen LogP contribution in [0, 0.1) is 0 Å². The molecule has 0 atom stereocenters. The number of carboxylic acid groups (broad SMARTS) is 1. The molecule has 2 aromatic rings. The molecule has 0 spiro atoms. The number of nitrogens with zero attached hydrogens (tertiary/aromatic N) is 1. The molecule has 1 aliphatic heterocycles. The number of rotatable bonds is 8. The lowest BCUT2D eigenvalue weighted by Gasteiger charge is -2.28. The van der Waals surface area contributed by atoms with E-state index in [1.54, 1.807) is 12.1 Å². The first kappa shape index (κ1) is 20.4. The Morgan fingerprint density at radius 3 is 2.48 bits per heavy atom. The standard InChI is InChI=1S/C22H23NO6/c1-27-21-14-17(5-9-20(21)29-15-22(25)26)19(24)8-4-16-2-6-18(7-3-16)23-10-12-28-13-11-23/h2-9,14H,10-13,15H2,1H3,(H,25,26). The number of ether oxygens (including phenoxy) is 3. The molecule has 0 amide bonds. The number of hydrogen-bond donors (Lipinski definition) is 1. The Balaban J connectivity index is 1.65. The van der Waals surface area contributed by atoms with E-state index in [2.05, 4.69) is 4.90 Å². The van der Waals surface area contributed by atoms with E-state index in [1.807, 2.05) is 24.3 Å². The van der Waals surface area contributed by atoms with E-state index in [0.717, 1.165) is 37.6 Å². The Hall–Kier alpha value is -3.32. The largest absolute Gasteiger partial charge is 0.493 e. The van der Waals surface area contributed by atoms with Crippen molar-refractivity contribution in [2.24, 2.45) is 0 Å². The summed E-state index contributed by atoms with van der Waals surface area (Å²) < 4.78 is 15.7. The average molecular weight is 397 g/mol. The van der Waals surface area contributed by atoms with Gasteiger partial charge in [-0.2, -0.15) is 0 Å². The summed E-state index contributed by atoms with van der Waals surface area (Å²) in [4.78, 5) is 25.4. The zero-order chi connectivity index (χ0) is 20.6. The van der Waals surface area contributed by atoms with Crippen LogP contribution in [0.25, 0.3) is 6.08 Å². The summed E-state index contributed by atoms with van der Waals surface area (Å²) in [7, 11) is 1.43. The molecule has 0 aromatic heterocycles. The maximum absolute atomic E-state index is 12.5. The minimum Gasteiger partial charge on any atom is -0.493 e. The first-order valence-corrected chi connectivity index (χ1v) is 9.24. The normalized spacial score (nSPS) is 14.0. The van der Waals surface area contributed by atoms with Crippen LogP contribution in [-0.4, -0.2) is 56.9 Å². The summed E-state index contributed by atoms with van der Waals surface area (Å²) in [6.45, 7) is 2.74. The summed E-state index contributed by atoms with van der Waals surface area (Å²) >= 11 is 0. The van der Waals surface area contributed by atoms with Gasteiger partial charge in [0.05, 0.1) is 20.3 Å². The SMILES string of the molecule is COc1cc(C(=O)C=Cc2ccc(N3CCOCC3)cc2)ccc1OCC(=O)O. The zero-order valence-electron chi connectivity index (χ0n) is 16.2. The molecule has 1 aliphatic rings. The van der Waals surface area contributed by atoms with Gasteiger partial charge in [-0.3, -0.25) is 4.79 Å². The van der Waals surface area contributed by atoms with Crippen LogP contribution in [0.1, 0.15) is 15.9 Å². The molecule has 3 rings (SSSR count). The molecule has 1 fully saturated rings. The quantitative estimate of drug-likeness (QED) is 0.541. The third kappa shape index (κ3) is 5.58. The molecule has 1 heterocycles. The third-order valence-electron chi connectivity index (χ3n) is 4.50. The average Bonchev–Trinajstić information content (AvgIpc) is 2.76. The topological polar surface area (TPSA) is 85.3 Å². The Kier molecular flexibility index (Phi) is 6.86. The van der Waals surface area contributed by atoms with E-state index in [4.69, 9.17) is 19.3 Å². The van der Waals surface area contributed by atoms with Gasteiger partial charge < -0.3 is 24.2 Å². The van der Waals surface area contributed by atoms with E-state index >= 15 is 0 Å². The fourth-order valence-electron chi connectivity index (χ4n) is 2.97. The highest BCUT2D eigenvalue weighted by atomic mass is 16.5. The molecule has 0 unspecified atom stereocenters. The number of benzene rings is 2. The van der Waals surface area contributed by atoms with Crippen LogP contribution in [0.15, 0.2) is 48.5 Å². The van der Waals surface area contributed by atoms with Crippen molar-refractivity contribution in [3.05, 3.63) is 59.7 Å². The number of carbonyl (C=O) groups is 2. The fourth-order valence-corrected chi connectivity index (χ4v) is 2.97. The van der Waals surface area contributed by atoms with Crippen molar-refractivity contribution in [2.45, 2.75) is 0 Å². The van der Waals surface area contributed by atoms with E-state index in [0.29, 0.717) is 11.3 Å². The minimum atomic E-state index is -1.09. The molecule has 0 radical (unpaired) electrons. The maximum atomic E-state index is 12.5. The Labute approximate surface area is 169 Å². The Bertz CT molecular complexity index is 885. The van der Waals surface area contributed by atoms with Gasteiger partial charge in [-0.05, 0) is 42.0 Å². The number of anilines is 1. The molecule has 7 heteroatoms. The molecule has 7 nitrogen and oxygen atoms in total. The number of carbonyl (C=O) groups excluding carboxylic acids is 1. The molecule has 152 valence electrons. The maximum Gasteiger partial charge on any atom is 0.341 e. The first-order chi connectivity index (χ1) is 14.1. The predicted molar refractivity (Wildman–Crippen MR) is 109 cm³/mol. The van der Waals surface area contributed by atoms with Crippen LogP contribution >= 0.6 is 0 Å². The van der Waals surface area contributed by atoms with Crippen LogP contribution < -0.4 is 14.4 Å². The highest BCUT2D eigenvalue weighted by Gasteiger charge is 2.12. The van der Waals surface area contributed by atoms with E-state index in [1.165, 1.54) is 25.3 Å². The van der Waals surface area contributed by atoms with Crippen molar-refractivity contribution in [3.8, 4) is 11.5 Å². The predicted octanol–water partition coefficient (Wildman–Crippen LogP) is 2.89. The van der Waals surface area contributed by atoms with Gasteiger partial charge in [0.1, 0.15) is 0 Å². The molecule has 2 aromatic carbocycles. The molecular weight excluding hydrogens is 374 g/mol. The van der Waals surface area contributed by atoms with Gasteiger partial charge in [-0.1, -0.05) is 18.2 Å². The summed E-state index contributed by atoms with van der Waals surface area (Å²) in [5.41, 5.74) is 2.48. The van der Waals surface area contributed by atoms with E-state index in [-0.39, 0.29) is 11.5 Å². The summed E-state index contributed by atoms with van der Waals surface area (Å²) in [5, 5.41) is 8.71. The van der Waals surface area contributed by atoms with E-state index < -0.39 is 12.6 Å². The molecule has 0 saturated carbocycles. The van der Waals surface area contributed by atoms with Gasteiger partial charge in [0.15, 0.2) is 23.9 Å². The van der Waals surface area contributed by atoms with Crippen LogP contribution in [0.5, 0.6) is 11.5 Å². The molecule has 1 N–H and O–H groups in total.